The molecular weight excluding hydrogens is 342 g/mol. The maximum absolute atomic E-state index is 13.3. The number of hydrogen-bond acceptors (Lipinski definition) is 4. The Morgan fingerprint density at radius 2 is 1.63 bits per heavy atom. The van der Waals surface area contributed by atoms with Crippen LogP contribution in [0.25, 0.3) is 0 Å². The first-order chi connectivity index (χ1) is 12.9. The molecule has 0 spiro atoms. The van der Waals surface area contributed by atoms with Crippen LogP contribution in [0, 0.1) is 23.7 Å². The van der Waals surface area contributed by atoms with Gasteiger partial charge in [0.15, 0.2) is 5.78 Å². The van der Waals surface area contributed by atoms with Crippen LogP contribution in [0.4, 0.5) is 5.69 Å². The zero-order valence-corrected chi connectivity index (χ0v) is 16.0. The third-order valence-corrected chi connectivity index (χ3v) is 5.90. The molecule has 0 N–H and O–H groups in total. The van der Waals surface area contributed by atoms with Gasteiger partial charge in [-0.15, -0.1) is 0 Å². The fourth-order valence-electron chi connectivity index (χ4n) is 4.86. The third kappa shape index (κ3) is 2.41. The topological polar surface area (TPSA) is 63.7 Å². The molecule has 2 amide bonds. The second kappa shape index (κ2) is 6.19. The van der Waals surface area contributed by atoms with Crippen molar-refractivity contribution in [2.45, 2.75) is 27.7 Å². The van der Waals surface area contributed by atoms with Crippen molar-refractivity contribution < 1.29 is 19.1 Å². The van der Waals surface area contributed by atoms with E-state index in [2.05, 4.69) is 12.2 Å². The van der Waals surface area contributed by atoms with E-state index >= 15 is 0 Å². The number of nitrogens with zero attached hydrogens (tertiary/aromatic N) is 1. The van der Waals surface area contributed by atoms with E-state index in [1.54, 1.807) is 18.2 Å². The number of carbonyl (C=O) groups excluding carboxylic acids is 3. The van der Waals surface area contributed by atoms with Crippen LogP contribution in [0.15, 0.2) is 41.5 Å². The van der Waals surface area contributed by atoms with Gasteiger partial charge >= 0.3 is 0 Å². The highest BCUT2D eigenvalue weighted by molar-refractivity contribution is 6.24. The van der Waals surface area contributed by atoms with E-state index in [4.69, 9.17) is 4.74 Å². The van der Waals surface area contributed by atoms with Gasteiger partial charge in [-0.3, -0.25) is 14.4 Å². The lowest BCUT2D eigenvalue weighted by molar-refractivity contribution is -0.123. The smallest absolute Gasteiger partial charge is 0.238 e. The second-order valence-corrected chi connectivity index (χ2v) is 7.63. The summed E-state index contributed by atoms with van der Waals surface area (Å²) < 4.78 is 5.65. The molecule has 2 aliphatic carbocycles. The zero-order chi connectivity index (χ0) is 19.5. The zero-order valence-electron chi connectivity index (χ0n) is 16.0. The molecule has 1 saturated carbocycles. The van der Waals surface area contributed by atoms with Crippen molar-refractivity contribution in [3.63, 3.8) is 0 Å². The van der Waals surface area contributed by atoms with Crippen molar-refractivity contribution in [3.05, 3.63) is 47.1 Å². The average Bonchev–Trinajstić information content (AvgIpc) is 3.26. The Hall–Kier alpha value is -2.69. The Kier molecular flexibility index (Phi) is 4.06. The minimum absolute atomic E-state index is 0.00187. The Bertz CT molecular complexity index is 888. The quantitative estimate of drug-likeness (QED) is 0.465. The van der Waals surface area contributed by atoms with Crippen LogP contribution in [0.5, 0.6) is 5.75 Å². The number of Topliss-reactive ketones (excluding diaryl/α,β-unsaturated/α-hetero) is 1. The van der Waals surface area contributed by atoms with Gasteiger partial charge in [-0.05, 0) is 45.9 Å². The van der Waals surface area contributed by atoms with Crippen molar-refractivity contribution in [3.8, 4) is 5.75 Å². The van der Waals surface area contributed by atoms with Crippen LogP contribution in [-0.2, 0) is 9.59 Å². The summed E-state index contributed by atoms with van der Waals surface area (Å²) >= 11 is 0. The first kappa shape index (κ1) is 17.7. The van der Waals surface area contributed by atoms with E-state index in [1.165, 1.54) is 23.0 Å². The monoisotopic (exact) mass is 365 g/mol. The van der Waals surface area contributed by atoms with Crippen LogP contribution in [0.3, 0.4) is 0 Å². The minimum atomic E-state index is -0.354. The summed E-state index contributed by atoms with van der Waals surface area (Å²) in [5, 5.41) is 0. The SMILES string of the molecule is CCOc1ccc(C(C)=O)cc1N1C(=O)[C@H]2[C@H](C1=O)[C@H]1C=C[C@H]2C1=C(C)C. The summed E-state index contributed by atoms with van der Waals surface area (Å²) in [5.74, 6) is -0.764. The molecule has 1 heterocycles. The number of rotatable bonds is 4. The second-order valence-electron chi connectivity index (χ2n) is 7.63. The molecule has 140 valence electrons. The van der Waals surface area contributed by atoms with Gasteiger partial charge in [-0.1, -0.05) is 23.3 Å². The van der Waals surface area contributed by atoms with E-state index in [-0.39, 0.29) is 41.3 Å². The van der Waals surface area contributed by atoms with E-state index in [1.807, 2.05) is 20.8 Å². The molecule has 27 heavy (non-hydrogen) atoms. The predicted octanol–water partition coefficient (Wildman–Crippen LogP) is 3.55. The van der Waals surface area contributed by atoms with Crippen LogP contribution in [-0.4, -0.2) is 24.2 Å². The molecule has 2 fully saturated rings. The van der Waals surface area contributed by atoms with Gasteiger partial charge in [0, 0.05) is 17.4 Å². The molecule has 0 radical (unpaired) electrons. The molecule has 5 heteroatoms. The summed E-state index contributed by atoms with van der Waals surface area (Å²) in [6.45, 7) is 7.80. The lowest BCUT2D eigenvalue weighted by Crippen LogP contribution is -2.33. The highest BCUT2D eigenvalue weighted by atomic mass is 16.5. The molecule has 3 aliphatic rings. The fraction of sp³-hybridized carbons (Fsp3) is 0.409. The molecule has 1 aromatic carbocycles. The molecule has 0 aromatic heterocycles. The summed E-state index contributed by atoms with van der Waals surface area (Å²) in [6.07, 6.45) is 4.14. The van der Waals surface area contributed by atoms with Gasteiger partial charge in [0.2, 0.25) is 11.8 Å². The lowest BCUT2D eigenvalue weighted by atomic mass is 9.85. The largest absolute Gasteiger partial charge is 0.492 e. The van der Waals surface area contributed by atoms with E-state index < -0.39 is 0 Å². The number of ketones is 1. The molecule has 4 rings (SSSR count). The molecule has 0 unspecified atom stereocenters. The number of benzene rings is 1. The Morgan fingerprint density at radius 3 is 2.11 bits per heavy atom. The van der Waals surface area contributed by atoms with E-state index in [0.717, 1.165) is 0 Å². The van der Waals surface area contributed by atoms with Crippen molar-refractivity contribution >= 4 is 23.3 Å². The van der Waals surface area contributed by atoms with Crippen molar-refractivity contribution in [2.24, 2.45) is 23.7 Å². The van der Waals surface area contributed by atoms with Crippen LogP contribution in [0.1, 0.15) is 38.1 Å². The first-order valence-electron chi connectivity index (χ1n) is 9.38. The maximum atomic E-state index is 13.3. The molecule has 1 saturated heterocycles. The van der Waals surface area contributed by atoms with Crippen LogP contribution >= 0.6 is 0 Å². The van der Waals surface area contributed by atoms with Crippen LogP contribution < -0.4 is 9.64 Å². The Morgan fingerprint density at radius 1 is 1.04 bits per heavy atom. The number of imide groups is 1. The maximum Gasteiger partial charge on any atom is 0.238 e. The molecular formula is C22H23NO4. The highest BCUT2D eigenvalue weighted by Crippen LogP contribution is 2.57. The molecule has 1 aromatic rings. The van der Waals surface area contributed by atoms with Crippen LogP contribution in [0.2, 0.25) is 0 Å². The number of anilines is 1. The summed E-state index contributed by atoms with van der Waals surface area (Å²) in [5.41, 5.74) is 3.24. The van der Waals surface area contributed by atoms with Gasteiger partial charge in [-0.25, -0.2) is 4.90 Å². The minimum Gasteiger partial charge on any atom is -0.492 e. The van der Waals surface area contributed by atoms with Gasteiger partial charge in [-0.2, -0.15) is 0 Å². The van der Waals surface area contributed by atoms with Gasteiger partial charge in [0.25, 0.3) is 0 Å². The Balaban J connectivity index is 1.79. The third-order valence-electron chi connectivity index (χ3n) is 5.90. The highest BCUT2D eigenvalue weighted by Gasteiger charge is 2.62. The lowest BCUT2D eigenvalue weighted by Gasteiger charge is -2.22. The number of ether oxygens (including phenoxy) is 1. The van der Waals surface area contributed by atoms with Gasteiger partial charge in [0.05, 0.1) is 24.1 Å². The number of hydrogen-bond donors (Lipinski definition) is 0. The van der Waals surface area contributed by atoms with Crippen molar-refractivity contribution in [2.75, 3.05) is 11.5 Å². The Labute approximate surface area is 158 Å². The van der Waals surface area contributed by atoms with Gasteiger partial charge in [0.1, 0.15) is 5.75 Å². The molecule has 4 atom stereocenters. The molecule has 2 bridgehead atoms. The summed E-state index contributed by atoms with van der Waals surface area (Å²) in [4.78, 5) is 39.7. The molecule has 1 aliphatic heterocycles. The summed E-state index contributed by atoms with van der Waals surface area (Å²) in [6, 6.07) is 4.93. The standard InChI is InChI=1S/C22H23NO4/c1-5-27-17-9-6-13(12(4)24)10-16(17)23-21(25)19-14-7-8-15(18(14)11(2)3)20(19)22(23)26/h6-10,14-15,19-20H,5H2,1-4H3/t14-,15-,19+,20+/m0/s1. The number of fused-ring (bicyclic) bond motifs is 5. The van der Waals surface area contributed by atoms with Crippen molar-refractivity contribution in [1.82, 2.24) is 0 Å². The number of allylic oxidation sites excluding steroid dienone is 4. The van der Waals surface area contributed by atoms with Crippen molar-refractivity contribution in [1.29, 1.82) is 0 Å². The fourth-order valence-corrected chi connectivity index (χ4v) is 4.86. The average molecular weight is 365 g/mol. The molecule has 5 nitrogen and oxygen atoms in total. The van der Waals surface area contributed by atoms with Gasteiger partial charge < -0.3 is 4.74 Å². The number of carbonyl (C=O) groups is 3. The normalized spacial score (nSPS) is 28.1. The predicted molar refractivity (Wildman–Crippen MR) is 102 cm³/mol. The first-order valence-corrected chi connectivity index (χ1v) is 9.38. The number of amides is 2. The van der Waals surface area contributed by atoms with E-state index in [0.29, 0.717) is 23.6 Å². The van der Waals surface area contributed by atoms with E-state index in [9.17, 15) is 14.4 Å². The summed E-state index contributed by atoms with van der Waals surface area (Å²) in [7, 11) is 0.